The van der Waals surface area contributed by atoms with Crippen LogP contribution >= 0.6 is 0 Å². The van der Waals surface area contributed by atoms with E-state index in [0.717, 1.165) is 12.1 Å². The van der Waals surface area contributed by atoms with E-state index in [4.69, 9.17) is 4.74 Å². The first-order chi connectivity index (χ1) is 11.1. The van der Waals surface area contributed by atoms with Crippen molar-refractivity contribution >= 4 is 29.3 Å². The van der Waals surface area contributed by atoms with E-state index in [1.54, 1.807) is 30.0 Å². The van der Waals surface area contributed by atoms with Crippen LogP contribution in [0.1, 0.15) is 26.2 Å². The van der Waals surface area contributed by atoms with Crippen LogP contribution in [0.2, 0.25) is 0 Å². The molecule has 7 heteroatoms. The molecule has 1 aromatic rings. The Morgan fingerprint density at radius 2 is 2.17 bits per heavy atom. The Labute approximate surface area is 135 Å². The number of rotatable bonds is 6. The highest BCUT2D eigenvalue weighted by Gasteiger charge is 2.21. The molecule has 1 aromatic carbocycles. The van der Waals surface area contributed by atoms with Crippen molar-refractivity contribution in [1.29, 1.82) is 0 Å². The van der Waals surface area contributed by atoms with Crippen LogP contribution < -0.4 is 15.5 Å². The molecule has 2 N–H and O–H groups in total. The largest absolute Gasteiger partial charge is 0.450 e. The van der Waals surface area contributed by atoms with E-state index in [9.17, 15) is 14.4 Å². The summed E-state index contributed by atoms with van der Waals surface area (Å²) < 4.78 is 4.71. The molecule has 0 atom stereocenters. The van der Waals surface area contributed by atoms with Gasteiger partial charge in [-0.25, -0.2) is 4.79 Å². The Bertz CT molecular complexity index is 588. The van der Waals surface area contributed by atoms with Gasteiger partial charge in [-0.05, 0) is 31.5 Å². The van der Waals surface area contributed by atoms with Gasteiger partial charge in [0.1, 0.15) is 0 Å². The molecule has 2 rings (SSSR count). The molecule has 1 heterocycles. The van der Waals surface area contributed by atoms with Gasteiger partial charge in [-0.1, -0.05) is 6.07 Å². The number of ether oxygens (including phenoxy) is 1. The third-order valence-corrected chi connectivity index (χ3v) is 3.41. The molecular formula is C16H21N3O4. The molecule has 0 saturated carbocycles. The molecule has 7 nitrogen and oxygen atoms in total. The summed E-state index contributed by atoms with van der Waals surface area (Å²) in [5.74, 6) is -0.112. The van der Waals surface area contributed by atoms with Crippen molar-refractivity contribution in [1.82, 2.24) is 5.32 Å². The Morgan fingerprint density at radius 1 is 1.35 bits per heavy atom. The highest BCUT2D eigenvalue weighted by atomic mass is 16.5. The Morgan fingerprint density at radius 3 is 2.87 bits per heavy atom. The SMILES string of the molecule is CCOC(=O)NCCC(=O)Nc1cccc(N2CCCC2=O)c1. The van der Waals surface area contributed by atoms with Gasteiger partial charge in [0.15, 0.2) is 0 Å². The van der Waals surface area contributed by atoms with Gasteiger partial charge in [-0.15, -0.1) is 0 Å². The fourth-order valence-electron chi connectivity index (χ4n) is 2.36. The zero-order chi connectivity index (χ0) is 16.7. The molecule has 0 aromatic heterocycles. The summed E-state index contributed by atoms with van der Waals surface area (Å²) in [5, 5.41) is 5.24. The molecule has 0 spiro atoms. The third kappa shape index (κ3) is 4.98. The number of alkyl carbamates (subject to hydrolysis) is 1. The van der Waals surface area contributed by atoms with Crippen LogP contribution in [-0.2, 0) is 14.3 Å². The second kappa shape index (κ2) is 8.17. The number of hydrogen-bond acceptors (Lipinski definition) is 4. The van der Waals surface area contributed by atoms with Gasteiger partial charge in [-0.3, -0.25) is 9.59 Å². The van der Waals surface area contributed by atoms with Crippen LogP contribution in [0.25, 0.3) is 0 Å². The Kier molecular flexibility index (Phi) is 5.96. The Balaban J connectivity index is 1.84. The van der Waals surface area contributed by atoms with E-state index in [2.05, 4.69) is 10.6 Å². The first-order valence-electron chi connectivity index (χ1n) is 7.71. The van der Waals surface area contributed by atoms with Crippen LogP contribution in [0.4, 0.5) is 16.2 Å². The topological polar surface area (TPSA) is 87.7 Å². The van der Waals surface area contributed by atoms with E-state index < -0.39 is 6.09 Å². The molecule has 1 aliphatic rings. The molecule has 3 amide bonds. The average Bonchev–Trinajstić information content (AvgIpc) is 2.94. The van der Waals surface area contributed by atoms with Crippen LogP contribution in [0, 0.1) is 0 Å². The molecule has 1 saturated heterocycles. The first-order valence-corrected chi connectivity index (χ1v) is 7.71. The molecule has 0 radical (unpaired) electrons. The maximum Gasteiger partial charge on any atom is 0.407 e. The molecule has 0 unspecified atom stereocenters. The molecule has 1 aliphatic heterocycles. The third-order valence-electron chi connectivity index (χ3n) is 3.41. The zero-order valence-electron chi connectivity index (χ0n) is 13.1. The van der Waals surface area contributed by atoms with Crippen molar-refractivity contribution < 1.29 is 19.1 Å². The van der Waals surface area contributed by atoms with Gasteiger partial charge >= 0.3 is 6.09 Å². The molecule has 23 heavy (non-hydrogen) atoms. The zero-order valence-corrected chi connectivity index (χ0v) is 13.1. The maximum atomic E-state index is 11.9. The second-order valence-electron chi connectivity index (χ2n) is 5.14. The summed E-state index contributed by atoms with van der Waals surface area (Å²) >= 11 is 0. The van der Waals surface area contributed by atoms with Gasteiger partial charge < -0.3 is 20.3 Å². The number of anilines is 2. The number of hydrogen-bond donors (Lipinski definition) is 2. The predicted molar refractivity (Wildman–Crippen MR) is 86.3 cm³/mol. The number of nitrogens with one attached hydrogen (secondary N) is 2. The summed E-state index contributed by atoms with van der Waals surface area (Å²) in [6, 6.07) is 7.19. The lowest BCUT2D eigenvalue weighted by molar-refractivity contribution is -0.117. The second-order valence-corrected chi connectivity index (χ2v) is 5.14. The lowest BCUT2D eigenvalue weighted by Crippen LogP contribution is -2.28. The fourth-order valence-corrected chi connectivity index (χ4v) is 2.36. The predicted octanol–water partition coefficient (Wildman–Crippen LogP) is 1.89. The monoisotopic (exact) mass is 319 g/mol. The summed E-state index contributed by atoms with van der Waals surface area (Å²) in [7, 11) is 0. The van der Waals surface area contributed by atoms with E-state index in [1.165, 1.54) is 0 Å². The van der Waals surface area contributed by atoms with Gasteiger partial charge in [0.25, 0.3) is 0 Å². The molecule has 1 fully saturated rings. The van der Waals surface area contributed by atoms with Crippen molar-refractivity contribution in [3.8, 4) is 0 Å². The highest BCUT2D eigenvalue weighted by molar-refractivity contribution is 5.97. The van der Waals surface area contributed by atoms with Crippen LogP contribution in [0.15, 0.2) is 24.3 Å². The number of nitrogens with zero attached hydrogens (tertiary/aromatic N) is 1. The molecule has 124 valence electrons. The van der Waals surface area contributed by atoms with Gasteiger partial charge in [0.2, 0.25) is 11.8 Å². The smallest absolute Gasteiger partial charge is 0.407 e. The lowest BCUT2D eigenvalue weighted by atomic mass is 10.2. The van der Waals surface area contributed by atoms with Crippen molar-refractivity contribution in [2.75, 3.05) is 29.9 Å². The number of benzene rings is 1. The summed E-state index contributed by atoms with van der Waals surface area (Å²) in [4.78, 5) is 36.4. The van der Waals surface area contributed by atoms with Gasteiger partial charge in [0.05, 0.1) is 6.61 Å². The number of carbonyl (C=O) groups excluding carboxylic acids is 3. The number of amides is 3. The quantitative estimate of drug-likeness (QED) is 0.838. The Hall–Kier alpha value is -2.57. The lowest BCUT2D eigenvalue weighted by Gasteiger charge is -2.16. The fraction of sp³-hybridized carbons (Fsp3) is 0.438. The van der Waals surface area contributed by atoms with Crippen LogP contribution in [0.3, 0.4) is 0 Å². The van der Waals surface area contributed by atoms with Crippen molar-refractivity contribution in [2.45, 2.75) is 26.2 Å². The van der Waals surface area contributed by atoms with Crippen molar-refractivity contribution in [3.63, 3.8) is 0 Å². The van der Waals surface area contributed by atoms with E-state index in [0.29, 0.717) is 25.3 Å². The molecular weight excluding hydrogens is 298 g/mol. The summed E-state index contributed by atoms with van der Waals surface area (Å²) in [5.41, 5.74) is 1.42. The molecule has 0 bridgehead atoms. The average molecular weight is 319 g/mol. The minimum Gasteiger partial charge on any atom is -0.450 e. The minimum atomic E-state index is -0.533. The van der Waals surface area contributed by atoms with Crippen molar-refractivity contribution in [2.24, 2.45) is 0 Å². The minimum absolute atomic E-state index is 0.104. The van der Waals surface area contributed by atoms with E-state index >= 15 is 0 Å². The summed E-state index contributed by atoms with van der Waals surface area (Å²) in [6.45, 7) is 2.92. The van der Waals surface area contributed by atoms with Crippen LogP contribution in [0.5, 0.6) is 0 Å². The standard InChI is InChI=1S/C16H21N3O4/c1-2-23-16(22)17-9-8-14(20)18-12-5-3-6-13(11-12)19-10-4-7-15(19)21/h3,5-6,11H,2,4,7-10H2,1H3,(H,17,22)(H,18,20). The van der Waals surface area contributed by atoms with Gasteiger partial charge in [-0.2, -0.15) is 0 Å². The first kappa shape index (κ1) is 16.8. The van der Waals surface area contributed by atoms with Gasteiger partial charge in [0, 0.05) is 37.3 Å². The van der Waals surface area contributed by atoms with E-state index in [-0.39, 0.29) is 24.8 Å². The van der Waals surface area contributed by atoms with Crippen molar-refractivity contribution in [3.05, 3.63) is 24.3 Å². The van der Waals surface area contributed by atoms with E-state index in [1.807, 2.05) is 6.07 Å². The summed E-state index contributed by atoms with van der Waals surface area (Å²) in [6.07, 6.45) is 1.03. The maximum absolute atomic E-state index is 11.9. The van der Waals surface area contributed by atoms with Crippen LogP contribution in [-0.4, -0.2) is 37.6 Å². The number of carbonyl (C=O) groups is 3. The molecule has 0 aliphatic carbocycles. The highest BCUT2D eigenvalue weighted by Crippen LogP contribution is 2.24. The normalized spacial score (nSPS) is 13.8.